The van der Waals surface area contributed by atoms with Crippen molar-refractivity contribution in [1.29, 1.82) is 5.26 Å². The standard InChI is InChI=1S/C18H14N4O3S/c1-9-21-12-5-6-14(25-2)15(16(12)26-9)18(24)22-13-7-10(8-19)3-4-11(13)17(20)23/h3-7H,1-2H3,(H2,20,23)(H,22,24). The first-order valence-corrected chi connectivity index (χ1v) is 8.35. The highest BCUT2D eigenvalue weighted by Crippen LogP contribution is 2.33. The molecule has 7 nitrogen and oxygen atoms in total. The first-order chi connectivity index (χ1) is 12.4. The second-order valence-corrected chi connectivity index (χ2v) is 6.62. The number of thiazole rings is 1. The summed E-state index contributed by atoms with van der Waals surface area (Å²) < 4.78 is 6.00. The lowest BCUT2D eigenvalue weighted by atomic mass is 10.1. The van der Waals surface area contributed by atoms with Crippen LogP contribution >= 0.6 is 11.3 Å². The fourth-order valence-corrected chi connectivity index (χ4v) is 3.54. The molecule has 1 heterocycles. The number of amides is 2. The molecule has 130 valence electrons. The number of hydrogen-bond donors (Lipinski definition) is 2. The summed E-state index contributed by atoms with van der Waals surface area (Å²) in [5.74, 6) is -0.798. The molecule has 26 heavy (non-hydrogen) atoms. The van der Waals surface area contributed by atoms with Crippen molar-refractivity contribution in [3.63, 3.8) is 0 Å². The van der Waals surface area contributed by atoms with Crippen LogP contribution in [0.3, 0.4) is 0 Å². The van der Waals surface area contributed by atoms with Gasteiger partial charge in [0.2, 0.25) is 0 Å². The number of benzene rings is 2. The third-order valence-corrected chi connectivity index (χ3v) is 4.74. The van der Waals surface area contributed by atoms with E-state index in [0.29, 0.717) is 27.1 Å². The number of methoxy groups -OCH3 is 1. The first kappa shape index (κ1) is 17.4. The van der Waals surface area contributed by atoms with Gasteiger partial charge in [-0.1, -0.05) is 0 Å². The third-order valence-electron chi connectivity index (χ3n) is 3.74. The minimum atomic E-state index is -0.705. The van der Waals surface area contributed by atoms with Crippen LogP contribution in [0.4, 0.5) is 5.69 Å². The van der Waals surface area contributed by atoms with Crippen LogP contribution in [-0.4, -0.2) is 23.9 Å². The highest BCUT2D eigenvalue weighted by molar-refractivity contribution is 7.19. The monoisotopic (exact) mass is 366 g/mol. The van der Waals surface area contributed by atoms with Gasteiger partial charge in [0, 0.05) is 0 Å². The molecule has 0 aliphatic rings. The van der Waals surface area contributed by atoms with Crippen molar-refractivity contribution in [2.75, 3.05) is 12.4 Å². The molecule has 0 unspecified atom stereocenters. The number of carbonyl (C=O) groups excluding carboxylic acids is 2. The Morgan fingerprint density at radius 2 is 2.08 bits per heavy atom. The third kappa shape index (κ3) is 3.08. The summed E-state index contributed by atoms with van der Waals surface area (Å²) in [6.45, 7) is 1.85. The van der Waals surface area contributed by atoms with Gasteiger partial charge in [0.05, 0.1) is 45.2 Å². The Morgan fingerprint density at radius 3 is 2.73 bits per heavy atom. The Labute approximate surface area is 153 Å². The lowest BCUT2D eigenvalue weighted by Gasteiger charge is -2.12. The molecule has 0 radical (unpaired) electrons. The summed E-state index contributed by atoms with van der Waals surface area (Å²) in [5.41, 5.74) is 6.94. The maximum atomic E-state index is 12.9. The van der Waals surface area contributed by atoms with Gasteiger partial charge < -0.3 is 15.8 Å². The van der Waals surface area contributed by atoms with Crippen LogP contribution in [-0.2, 0) is 0 Å². The Hall–Kier alpha value is -3.44. The highest BCUT2D eigenvalue weighted by Gasteiger charge is 2.21. The van der Waals surface area contributed by atoms with Gasteiger partial charge in [-0.15, -0.1) is 11.3 Å². The lowest BCUT2D eigenvalue weighted by Crippen LogP contribution is -2.19. The van der Waals surface area contributed by atoms with E-state index >= 15 is 0 Å². The number of nitrogens with two attached hydrogens (primary N) is 1. The van der Waals surface area contributed by atoms with Crippen LogP contribution in [0.25, 0.3) is 10.2 Å². The Kier molecular flexibility index (Phi) is 4.56. The van der Waals surface area contributed by atoms with Crippen molar-refractivity contribution in [1.82, 2.24) is 4.98 Å². The maximum Gasteiger partial charge on any atom is 0.260 e. The molecule has 2 aromatic carbocycles. The molecule has 0 bridgehead atoms. The SMILES string of the molecule is COc1ccc2nc(C)sc2c1C(=O)Nc1cc(C#N)ccc1C(N)=O. The number of carbonyl (C=O) groups is 2. The molecule has 0 saturated carbocycles. The van der Waals surface area contributed by atoms with Gasteiger partial charge in [-0.3, -0.25) is 9.59 Å². The number of aromatic nitrogens is 1. The van der Waals surface area contributed by atoms with E-state index in [-0.39, 0.29) is 11.3 Å². The molecule has 0 saturated heterocycles. The molecule has 3 rings (SSSR count). The van der Waals surface area contributed by atoms with Gasteiger partial charge in [0.1, 0.15) is 11.3 Å². The van der Waals surface area contributed by atoms with Crippen molar-refractivity contribution >= 4 is 39.1 Å². The Balaban J connectivity index is 2.11. The number of rotatable bonds is 4. The van der Waals surface area contributed by atoms with E-state index in [1.54, 1.807) is 12.1 Å². The Bertz CT molecular complexity index is 1080. The maximum absolute atomic E-state index is 12.9. The molecule has 1 aromatic heterocycles. The van der Waals surface area contributed by atoms with Crippen LogP contribution in [0.1, 0.15) is 31.3 Å². The minimum absolute atomic E-state index is 0.115. The molecular formula is C18H14N4O3S. The van der Waals surface area contributed by atoms with Crippen molar-refractivity contribution in [2.24, 2.45) is 5.73 Å². The molecule has 2 amide bonds. The van der Waals surface area contributed by atoms with Gasteiger partial charge in [-0.2, -0.15) is 5.26 Å². The largest absolute Gasteiger partial charge is 0.496 e. The van der Waals surface area contributed by atoms with Crippen molar-refractivity contribution < 1.29 is 14.3 Å². The number of ether oxygens (including phenoxy) is 1. The number of aryl methyl sites for hydroxylation is 1. The number of hydrogen-bond acceptors (Lipinski definition) is 6. The highest BCUT2D eigenvalue weighted by atomic mass is 32.1. The summed E-state index contributed by atoms with van der Waals surface area (Å²) in [4.78, 5) is 29.0. The molecule has 3 N–H and O–H groups in total. The molecule has 0 spiro atoms. The molecular weight excluding hydrogens is 352 g/mol. The average Bonchev–Trinajstić information content (AvgIpc) is 3.00. The lowest BCUT2D eigenvalue weighted by molar-refractivity contribution is 0.100. The van der Waals surface area contributed by atoms with E-state index in [9.17, 15) is 9.59 Å². The topological polar surface area (TPSA) is 118 Å². The second-order valence-electron chi connectivity index (χ2n) is 5.41. The summed E-state index contributed by atoms with van der Waals surface area (Å²) in [6, 6.07) is 9.68. The van der Waals surface area contributed by atoms with E-state index < -0.39 is 11.8 Å². The number of fused-ring (bicyclic) bond motifs is 1. The van der Waals surface area contributed by atoms with Gasteiger partial charge >= 0.3 is 0 Å². The van der Waals surface area contributed by atoms with E-state index in [2.05, 4.69) is 10.3 Å². The fourth-order valence-electron chi connectivity index (χ4n) is 2.59. The number of nitriles is 1. The minimum Gasteiger partial charge on any atom is -0.496 e. The zero-order valence-electron chi connectivity index (χ0n) is 14.0. The predicted octanol–water partition coefficient (Wildman–Crippen LogP) is 2.84. The van der Waals surface area contributed by atoms with E-state index in [1.807, 2.05) is 13.0 Å². The Morgan fingerprint density at radius 1 is 1.31 bits per heavy atom. The molecule has 0 aliphatic heterocycles. The van der Waals surface area contributed by atoms with Gasteiger partial charge in [-0.05, 0) is 37.3 Å². The zero-order chi connectivity index (χ0) is 18.8. The van der Waals surface area contributed by atoms with Crippen molar-refractivity contribution in [3.8, 4) is 11.8 Å². The average molecular weight is 366 g/mol. The smallest absolute Gasteiger partial charge is 0.260 e. The van der Waals surface area contributed by atoms with Crippen LogP contribution in [0, 0.1) is 18.3 Å². The number of nitrogens with zero attached hydrogens (tertiary/aromatic N) is 2. The van der Waals surface area contributed by atoms with Crippen LogP contribution in [0.2, 0.25) is 0 Å². The zero-order valence-corrected chi connectivity index (χ0v) is 14.8. The molecule has 0 aliphatic carbocycles. The van der Waals surface area contributed by atoms with Gasteiger partial charge in [-0.25, -0.2) is 4.98 Å². The molecule has 0 fully saturated rings. The van der Waals surface area contributed by atoms with Crippen LogP contribution in [0.5, 0.6) is 5.75 Å². The number of primary amides is 1. The summed E-state index contributed by atoms with van der Waals surface area (Å²) in [6.07, 6.45) is 0. The number of anilines is 1. The molecule has 8 heteroatoms. The molecule has 0 atom stereocenters. The summed E-state index contributed by atoms with van der Waals surface area (Å²) in [5, 5.41) is 12.5. The summed E-state index contributed by atoms with van der Waals surface area (Å²) >= 11 is 1.37. The van der Waals surface area contributed by atoms with Crippen molar-refractivity contribution in [3.05, 3.63) is 52.0 Å². The fraction of sp³-hybridized carbons (Fsp3) is 0.111. The quantitative estimate of drug-likeness (QED) is 0.736. The van der Waals surface area contributed by atoms with Crippen LogP contribution in [0.15, 0.2) is 30.3 Å². The summed E-state index contributed by atoms with van der Waals surface area (Å²) in [7, 11) is 1.47. The predicted molar refractivity (Wildman–Crippen MR) is 98.5 cm³/mol. The number of nitrogens with one attached hydrogen (secondary N) is 1. The normalized spacial score (nSPS) is 10.3. The van der Waals surface area contributed by atoms with Crippen LogP contribution < -0.4 is 15.8 Å². The van der Waals surface area contributed by atoms with Gasteiger partial charge in [0.25, 0.3) is 11.8 Å². The van der Waals surface area contributed by atoms with E-state index in [4.69, 9.17) is 15.7 Å². The second kappa shape index (κ2) is 6.82. The first-order valence-electron chi connectivity index (χ1n) is 7.54. The van der Waals surface area contributed by atoms with E-state index in [1.165, 1.54) is 36.6 Å². The van der Waals surface area contributed by atoms with E-state index in [0.717, 1.165) is 5.01 Å². The molecule has 3 aromatic rings. The van der Waals surface area contributed by atoms with Gasteiger partial charge in [0.15, 0.2) is 0 Å². The van der Waals surface area contributed by atoms with Crippen molar-refractivity contribution in [2.45, 2.75) is 6.92 Å².